The van der Waals surface area contributed by atoms with Gasteiger partial charge >= 0.3 is 0 Å². The minimum absolute atomic E-state index is 0.485. The number of ether oxygens (including phenoxy) is 2. The average molecular weight is 249 g/mol. The van der Waals surface area contributed by atoms with Crippen molar-refractivity contribution in [1.29, 1.82) is 0 Å². The van der Waals surface area contributed by atoms with Crippen molar-refractivity contribution in [3.63, 3.8) is 0 Å². The molecule has 0 spiro atoms. The fourth-order valence-electron chi connectivity index (χ4n) is 2.18. The molecule has 1 aliphatic rings. The van der Waals surface area contributed by atoms with Crippen LogP contribution in [0.2, 0.25) is 0 Å². The first kappa shape index (κ1) is 13.1. The van der Waals surface area contributed by atoms with Crippen molar-refractivity contribution in [2.24, 2.45) is 0 Å². The molecule has 1 unspecified atom stereocenters. The number of benzene rings is 1. The van der Waals surface area contributed by atoms with Gasteiger partial charge in [-0.15, -0.1) is 0 Å². The topological polar surface area (TPSA) is 30.5 Å². The van der Waals surface area contributed by atoms with Crippen LogP contribution in [0.1, 0.15) is 47.0 Å². The first-order valence-corrected chi connectivity index (χ1v) is 6.79. The van der Waals surface area contributed by atoms with Gasteiger partial charge in [0.05, 0.1) is 0 Å². The summed E-state index contributed by atoms with van der Waals surface area (Å²) in [6, 6.07) is 6.52. The highest BCUT2D eigenvalue weighted by atomic mass is 16.7. The molecule has 0 aromatic heterocycles. The maximum atomic E-state index is 5.74. The van der Waals surface area contributed by atoms with Crippen molar-refractivity contribution < 1.29 is 9.47 Å². The van der Waals surface area contributed by atoms with Gasteiger partial charge < -0.3 is 14.8 Å². The molecule has 1 aliphatic heterocycles. The van der Waals surface area contributed by atoms with Gasteiger partial charge in [-0.3, -0.25) is 0 Å². The normalized spacial score (nSPS) is 17.6. The summed E-state index contributed by atoms with van der Waals surface area (Å²) in [6.07, 6.45) is 3.68. The Balaban J connectivity index is 2.00. The first-order chi connectivity index (χ1) is 8.50. The second kappa shape index (κ2) is 5.09. The van der Waals surface area contributed by atoms with E-state index in [-0.39, 0.29) is 0 Å². The van der Waals surface area contributed by atoms with Crippen LogP contribution in [-0.2, 0) is 0 Å². The molecule has 0 bridgehead atoms. The summed E-state index contributed by atoms with van der Waals surface area (Å²) in [5.74, 6) is 1.11. The van der Waals surface area contributed by atoms with Crippen LogP contribution in [-0.4, -0.2) is 11.8 Å². The number of hydrogen-bond donors (Lipinski definition) is 1. The molecular weight excluding hydrogens is 226 g/mol. The van der Waals surface area contributed by atoms with Gasteiger partial charge in [-0.25, -0.2) is 0 Å². The zero-order valence-electron chi connectivity index (χ0n) is 11.7. The summed E-state index contributed by atoms with van der Waals surface area (Å²) in [7, 11) is 0. The number of hydrogen-bond acceptors (Lipinski definition) is 3. The summed E-state index contributed by atoms with van der Waals surface area (Å²) in [5, 5.41) is 3.50. The van der Waals surface area contributed by atoms with E-state index in [0.29, 0.717) is 6.04 Å². The number of rotatable bonds is 5. The van der Waals surface area contributed by atoms with Crippen LogP contribution in [0.5, 0.6) is 11.5 Å². The minimum atomic E-state index is -0.547. The zero-order valence-corrected chi connectivity index (χ0v) is 11.7. The van der Waals surface area contributed by atoms with E-state index in [0.717, 1.165) is 17.2 Å². The largest absolute Gasteiger partial charge is 0.449 e. The molecule has 1 heterocycles. The lowest BCUT2D eigenvalue weighted by atomic mass is 10.1. The third-order valence-corrected chi connectivity index (χ3v) is 3.06. The maximum Gasteiger partial charge on any atom is 0.246 e. The number of anilines is 1. The lowest BCUT2D eigenvalue weighted by Gasteiger charge is -2.16. The van der Waals surface area contributed by atoms with Gasteiger partial charge in [0.25, 0.3) is 0 Å². The highest BCUT2D eigenvalue weighted by molar-refractivity contribution is 5.56. The maximum absolute atomic E-state index is 5.74. The molecule has 100 valence electrons. The van der Waals surface area contributed by atoms with Crippen LogP contribution < -0.4 is 14.8 Å². The standard InChI is InChI=1S/C15H23NO2/c1-5-6-7-11(2)16-12-8-9-13-14(10-12)18-15(3,4)17-13/h8-11,16H,5-7H2,1-4H3. The molecule has 0 saturated carbocycles. The highest BCUT2D eigenvalue weighted by Crippen LogP contribution is 2.40. The fourth-order valence-corrected chi connectivity index (χ4v) is 2.18. The van der Waals surface area contributed by atoms with Gasteiger partial charge in [-0.1, -0.05) is 19.8 Å². The van der Waals surface area contributed by atoms with Gasteiger partial charge in [0.1, 0.15) is 0 Å². The molecule has 2 rings (SSSR count). The van der Waals surface area contributed by atoms with Crippen molar-refractivity contribution >= 4 is 5.69 Å². The average Bonchev–Trinajstić information content (AvgIpc) is 2.59. The summed E-state index contributed by atoms with van der Waals surface area (Å²) in [4.78, 5) is 0. The second-order valence-electron chi connectivity index (χ2n) is 5.45. The summed E-state index contributed by atoms with van der Waals surface area (Å²) < 4.78 is 11.4. The van der Waals surface area contributed by atoms with E-state index in [2.05, 4.69) is 19.2 Å². The SMILES string of the molecule is CCCCC(C)Nc1ccc2c(c1)OC(C)(C)O2. The molecule has 1 N–H and O–H groups in total. The predicted molar refractivity (Wildman–Crippen MR) is 74.4 cm³/mol. The van der Waals surface area contributed by atoms with Gasteiger partial charge in [0, 0.05) is 31.6 Å². The Bertz CT molecular complexity index is 415. The fraction of sp³-hybridized carbons (Fsp3) is 0.600. The third-order valence-electron chi connectivity index (χ3n) is 3.06. The molecule has 0 aliphatic carbocycles. The Morgan fingerprint density at radius 2 is 1.94 bits per heavy atom. The molecule has 0 radical (unpaired) electrons. The van der Waals surface area contributed by atoms with Gasteiger partial charge in [0.2, 0.25) is 5.79 Å². The zero-order chi connectivity index (χ0) is 13.2. The molecule has 18 heavy (non-hydrogen) atoms. The number of nitrogens with one attached hydrogen (secondary N) is 1. The molecule has 1 atom stereocenters. The molecule has 3 nitrogen and oxygen atoms in total. The van der Waals surface area contributed by atoms with E-state index >= 15 is 0 Å². The summed E-state index contributed by atoms with van der Waals surface area (Å²) >= 11 is 0. The first-order valence-electron chi connectivity index (χ1n) is 6.79. The van der Waals surface area contributed by atoms with E-state index < -0.39 is 5.79 Å². The molecule has 0 saturated heterocycles. The Labute approximate surface area is 109 Å². The molecular formula is C15H23NO2. The smallest absolute Gasteiger partial charge is 0.246 e. The Morgan fingerprint density at radius 1 is 1.22 bits per heavy atom. The van der Waals surface area contributed by atoms with Crippen molar-refractivity contribution in [2.45, 2.75) is 58.8 Å². The Morgan fingerprint density at radius 3 is 2.67 bits per heavy atom. The number of fused-ring (bicyclic) bond motifs is 1. The third kappa shape index (κ3) is 3.09. The monoisotopic (exact) mass is 249 g/mol. The van der Waals surface area contributed by atoms with Crippen LogP contribution >= 0.6 is 0 Å². The Kier molecular flexibility index (Phi) is 3.69. The van der Waals surface area contributed by atoms with E-state index in [1.807, 2.05) is 32.0 Å². The van der Waals surface area contributed by atoms with E-state index in [9.17, 15) is 0 Å². The van der Waals surface area contributed by atoms with Crippen LogP contribution in [0, 0.1) is 0 Å². The highest BCUT2D eigenvalue weighted by Gasteiger charge is 2.31. The molecule has 3 heteroatoms. The van der Waals surface area contributed by atoms with Crippen LogP contribution in [0.3, 0.4) is 0 Å². The quantitative estimate of drug-likeness (QED) is 0.849. The molecule has 1 aromatic rings. The van der Waals surface area contributed by atoms with Crippen molar-refractivity contribution in [2.75, 3.05) is 5.32 Å². The van der Waals surface area contributed by atoms with Crippen LogP contribution in [0.25, 0.3) is 0 Å². The van der Waals surface area contributed by atoms with Crippen molar-refractivity contribution in [1.82, 2.24) is 0 Å². The molecule has 1 aromatic carbocycles. The van der Waals surface area contributed by atoms with E-state index in [1.165, 1.54) is 19.3 Å². The predicted octanol–water partition coefficient (Wildman–Crippen LogP) is 4.18. The molecule has 0 amide bonds. The van der Waals surface area contributed by atoms with E-state index in [1.54, 1.807) is 0 Å². The summed E-state index contributed by atoms with van der Waals surface area (Å²) in [6.45, 7) is 8.27. The van der Waals surface area contributed by atoms with Gasteiger partial charge in [-0.05, 0) is 25.5 Å². The van der Waals surface area contributed by atoms with E-state index in [4.69, 9.17) is 9.47 Å². The Hall–Kier alpha value is -1.38. The lowest BCUT2D eigenvalue weighted by Crippen LogP contribution is -2.29. The molecule has 0 fully saturated rings. The lowest BCUT2D eigenvalue weighted by molar-refractivity contribution is -0.0431. The summed E-state index contributed by atoms with van der Waals surface area (Å²) in [5.41, 5.74) is 1.10. The van der Waals surface area contributed by atoms with Gasteiger partial charge in [-0.2, -0.15) is 0 Å². The van der Waals surface area contributed by atoms with Crippen molar-refractivity contribution in [3.05, 3.63) is 18.2 Å². The van der Waals surface area contributed by atoms with Crippen LogP contribution in [0.15, 0.2) is 18.2 Å². The van der Waals surface area contributed by atoms with Crippen LogP contribution in [0.4, 0.5) is 5.69 Å². The van der Waals surface area contributed by atoms with Crippen molar-refractivity contribution in [3.8, 4) is 11.5 Å². The second-order valence-corrected chi connectivity index (χ2v) is 5.45. The minimum Gasteiger partial charge on any atom is -0.449 e. The number of unbranched alkanes of at least 4 members (excludes halogenated alkanes) is 1. The van der Waals surface area contributed by atoms with Gasteiger partial charge in [0.15, 0.2) is 11.5 Å².